The molecule has 1 unspecified atom stereocenters. The van der Waals surface area contributed by atoms with Crippen LogP contribution in [-0.4, -0.2) is 111 Å². The van der Waals surface area contributed by atoms with Gasteiger partial charge in [-0.15, -0.1) is 0 Å². The third-order valence-electron chi connectivity index (χ3n) is 9.63. The SMILES string of the molecule is N/C1=C(\N(N)CCOCCO)c2ccccc2CN(C(=O)CCNC(=O)COc2ccc(C(=O)Oc3ccc(COC(=O)NCCCOCC(O)COP=O)cc3)cc2)c2ccccc21. The molecule has 0 spiro atoms. The number of esters is 1. The van der Waals surface area contributed by atoms with Crippen molar-refractivity contribution in [2.24, 2.45) is 11.6 Å². The van der Waals surface area contributed by atoms with Crippen LogP contribution in [0.5, 0.6) is 11.5 Å². The second kappa shape index (κ2) is 26.4. The van der Waals surface area contributed by atoms with E-state index < -0.39 is 32.8 Å². The smallest absolute Gasteiger partial charge is 0.407 e. The number of amides is 3. The van der Waals surface area contributed by atoms with Crippen LogP contribution < -0.4 is 36.6 Å². The molecule has 1 aliphatic heterocycles. The second-order valence-electron chi connectivity index (χ2n) is 14.3. The van der Waals surface area contributed by atoms with Crippen molar-refractivity contribution in [2.75, 3.05) is 70.8 Å². The quantitative estimate of drug-likeness (QED) is 0.0139. The minimum absolute atomic E-state index is 0.00986. The lowest BCUT2D eigenvalue weighted by Crippen LogP contribution is -2.38. The Morgan fingerprint density at radius 3 is 2.31 bits per heavy atom. The van der Waals surface area contributed by atoms with E-state index in [0.717, 1.165) is 11.1 Å². The molecule has 0 fully saturated rings. The number of nitrogens with one attached hydrogen (secondary N) is 2. The van der Waals surface area contributed by atoms with Crippen molar-refractivity contribution in [3.63, 3.8) is 0 Å². The van der Waals surface area contributed by atoms with Gasteiger partial charge < -0.3 is 60.2 Å². The molecule has 0 saturated carbocycles. The van der Waals surface area contributed by atoms with Gasteiger partial charge >= 0.3 is 20.7 Å². The van der Waals surface area contributed by atoms with Gasteiger partial charge in [0, 0.05) is 37.2 Å². The molecule has 1 atom stereocenters. The number of carbonyl (C=O) groups is 4. The predicted molar refractivity (Wildman–Crippen MR) is 238 cm³/mol. The highest BCUT2D eigenvalue weighted by Crippen LogP contribution is 2.36. The summed E-state index contributed by atoms with van der Waals surface area (Å²) in [4.78, 5) is 53.0. The number of nitrogens with two attached hydrogens (primary N) is 2. The number of hydrogen-bond donors (Lipinski definition) is 6. The molecule has 0 bridgehead atoms. The van der Waals surface area contributed by atoms with Crippen LogP contribution in [-0.2, 0) is 46.0 Å². The van der Waals surface area contributed by atoms with Crippen LogP contribution in [0.2, 0.25) is 0 Å². The summed E-state index contributed by atoms with van der Waals surface area (Å²) in [6.07, 6.45) is -1.05. The number of nitrogens with zero attached hydrogens (tertiary/aromatic N) is 2. The van der Waals surface area contributed by atoms with E-state index in [1.165, 1.54) is 29.3 Å². The number of para-hydroxylation sites is 1. The van der Waals surface area contributed by atoms with E-state index in [1.54, 1.807) is 29.2 Å². The Balaban J connectivity index is 1.03. The van der Waals surface area contributed by atoms with Crippen molar-refractivity contribution in [3.8, 4) is 11.5 Å². The van der Waals surface area contributed by atoms with Crippen LogP contribution in [0.15, 0.2) is 97.1 Å². The first-order chi connectivity index (χ1) is 31.6. The van der Waals surface area contributed by atoms with Gasteiger partial charge in [-0.25, -0.2) is 20.0 Å². The normalized spacial score (nSPS) is 13.7. The summed E-state index contributed by atoms with van der Waals surface area (Å²) in [5.41, 5.74) is 11.5. The topological polar surface area (TPSA) is 264 Å². The Labute approximate surface area is 377 Å². The largest absolute Gasteiger partial charge is 0.484 e. The third kappa shape index (κ3) is 15.6. The molecule has 1 heterocycles. The molecule has 19 nitrogen and oxygen atoms in total. The van der Waals surface area contributed by atoms with Gasteiger partial charge in [0.15, 0.2) is 6.61 Å². The highest BCUT2D eigenvalue weighted by Gasteiger charge is 2.28. The summed E-state index contributed by atoms with van der Waals surface area (Å²) < 4.78 is 41.7. The van der Waals surface area contributed by atoms with E-state index in [1.807, 2.05) is 48.5 Å². The van der Waals surface area contributed by atoms with Crippen LogP contribution in [0.4, 0.5) is 10.5 Å². The number of aliphatic hydroxyl groups excluding tert-OH is 2. The average molecular weight is 917 g/mol. The number of anilines is 1. The van der Waals surface area contributed by atoms with Crippen LogP contribution in [0.1, 0.15) is 45.5 Å². The number of fused-ring (bicyclic) bond motifs is 2. The van der Waals surface area contributed by atoms with E-state index in [4.69, 9.17) is 40.4 Å². The molecule has 3 amide bonds. The summed E-state index contributed by atoms with van der Waals surface area (Å²) in [6.45, 7) is 1.05. The first kappa shape index (κ1) is 49.6. The zero-order valence-electron chi connectivity index (χ0n) is 35.6. The second-order valence-corrected chi connectivity index (χ2v) is 14.8. The zero-order valence-corrected chi connectivity index (χ0v) is 36.5. The standard InChI is InChI=1S/C45H53N6O13P/c46-42-38-8-3-4-9-39(38)50(26-33-6-1-2-7-37(33)43(42)51(47)21-24-59-25-22-52)41(55)18-20-48-40(54)30-61-35-16-12-32(13-17-35)44(56)64-36-14-10-31(11-15-36)27-62-45(57)49-19-5-23-60-28-34(53)29-63-65-58/h1-4,6-17,34,52-53H,5,18-30,46-47H2,(H,48,54)(H,49,57)/b43-42-. The summed E-state index contributed by atoms with van der Waals surface area (Å²) in [7, 11) is -0.514. The molecule has 4 aromatic rings. The molecular formula is C45H53N6O13P. The van der Waals surface area contributed by atoms with Gasteiger partial charge in [0.1, 0.15) is 24.2 Å². The summed E-state index contributed by atoms with van der Waals surface area (Å²) >= 11 is 0. The number of alkyl carbamates (subject to hydrolysis) is 1. The van der Waals surface area contributed by atoms with Crippen LogP contribution in [0.25, 0.3) is 11.4 Å². The Kier molecular flexibility index (Phi) is 20.1. The number of carbonyl (C=O) groups excluding carboxylic acids is 4. The highest BCUT2D eigenvalue weighted by molar-refractivity contribution is 7.17. The van der Waals surface area contributed by atoms with Crippen molar-refractivity contribution in [1.82, 2.24) is 15.6 Å². The minimum atomic E-state index is -0.899. The molecule has 0 aliphatic carbocycles. The molecular weight excluding hydrogens is 863 g/mol. The highest BCUT2D eigenvalue weighted by atomic mass is 31.1. The van der Waals surface area contributed by atoms with E-state index in [-0.39, 0.29) is 96.1 Å². The number of aliphatic hydroxyl groups is 2. The van der Waals surface area contributed by atoms with Crippen molar-refractivity contribution in [3.05, 3.63) is 125 Å². The number of hydrazine groups is 1. The maximum Gasteiger partial charge on any atom is 0.407 e. The fraction of sp³-hybridized carbons (Fsp3) is 0.333. The summed E-state index contributed by atoms with van der Waals surface area (Å²) in [5.74, 6) is 5.83. The zero-order chi connectivity index (χ0) is 46.4. The van der Waals surface area contributed by atoms with Gasteiger partial charge in [-0.05, 0) is 60.0 Å². The van der Waals surface area contributed by atoms with E-state index in [9.17, 15) is 28.8 Å². The van der Waals surface area contributed by atoms with E-state index >= 15 is 0 Å². The van der Waals surface area contributed by atoms with Crippen molar-refractivity contribution >= 4 is 49.6 Å². The third-order valence-corrected chi connectivity index (χ3v) is 9.89. The van der Waals surface area contributed by atoms with Crippen LogP contribution in [0, 0.1) is 0 Å². The lowest BCUT2D eigenvalue weighted by molar-refractivity contribution is -0.123. The van der Waals surface area contributed by atoms with Crippen molar-refractivity contribution in [1.29, 1.82) is 0 Å². The van der Waals surface area contributed by atoms with Crippen LogP contribution >= 0.6 is 8.69 Å². The Morgan fingerprint density at radius 2 is 1.55 bits per heavy atom. The van der Waals surface area contributed by atoms with E-state index in [0.29, 0.717) is 46.9 Å². The molecule has 0 saturated heterocycles. The molecule has 20 heteroatoms. The van der Waals surface area contributed by atoms with Gasteiger partial charge in [-0.3, -0.25) is 14.1 Å². The van der Waals surface area contributed by atoms with Crippen LogP contribution in [0.3, 0.4) is 0 Å². The minimum Gasteiger partial charge on any atom is -0.484 e. The molecule has 8 N–H and O–H groups in total. The Bertz CT molecular complexity index is 2230. The number of hydrogen-bond acceptors (Lipinski definition) is 16. The molecule has 5 rings (SSSR count). The number of ether oxygens (including phenoxy) is 5. The summed E-state index contributed by atoms with van der Waals surface area (Å²) in [6, 6.07) is 27.3. The first-order valence-corrected chi connectivity index (χ1v) is 21.4. The fourth-order valence-electron chi connectivity index (χ4n) is 6.43. The average Bonchev–Trinajstić information content (AvgIpc) is 3.31. The van der Waals surface area contributed by atoms with Gasteiger partial charge in [0.05, 0.1) is 68.8 Å². The van der Waals surface area contributed by atoms with E-state index in [2.05, 4.69) is 15.2 Å². The molecule has 346 valence electrons. The van der Waals surface area contributed by atoms with Gasteiger partial charge in [-0.1, -0.05) is 54.6 Å². The predicted octanol–water partition coefficient (Wildman–Crippen LogP) is 3.52. The fourth-order valence-corrected chi connectivity index (χ4v) is 6.66. The molecule has 0 aromatic heterocycles. The number of rotatable bonds is 25. The Morgan fingerprint density at radius 1 is 0.831 bits per heavy atom. The lowest BCUT2D eigenvalue weighted by atomic mass is 9.95. The maximum absolute atomic E-state index is 13.8. The van der Waals surface area contributed by atoms with Gasteiger partial charge in [-0.2, -0.15) is 0 Å². The lowest BCUT2D eigenvalue weighted by Gasteiger charge is -2.33. The molecule has 0 radical (unpaired) electrons. The monoisotopic (exact) mass is 916 g/mol. The summed E-state index contributed by atoms with van der Waals surface area (Å²) in [5, 5.41) is 25.5. The van der Waals surface area contributed by atoms with Crippen molar-refractivity contribution < 1.29 is 62.2 Å². The van der Waals surface area contributed by atoms with Crippen molar-refractivity contribution in [2.45, 2.75) is 32.1 Å². The Hall–Kier alpha value is -6.44. The molecule has 65 heavy (non-hydrogen) atoms. The molecule has 4 aromatic carbocycles. The molecule has 1 aliphatic rings. The first-order valence-electron chi connectivity index (χ1n) is 20.7. The van der Waals surface area contributed by atoms with Gasteiger partial charge in [0.25, 0.3) is 5.91 Å². The number of benzene rings is 4. The van der Waals surface area contributed by atoms with Gasteiger partial charge in [0.2, 0.25) is 5.91 Å². The maximum atomic E-state index is 13.8.